The average Bonchev–Trinajstić information content (AvgIpc) is 3.09. The zero-order valence-electron chi connectivity index (χ0n) is 13.9. The fraction of sp³-hybridized carbons (Fsp3) is 0.579. The van der Waals surface area contributed by atoms with Gasteiger partial charge in [-0.05, 0) is 44.2 Å². The van der Waals surface area contributed by atoms with Crippen LogP contribution in [0.15, 0.2) is 24.3 Å². The molecule has 1 aromatic carbocycles. The molecule has 23 heavy (non-hydrogen) atoms. The maximum Gasteiger partial charge on any atom is 0.251 e. The number of carbonyl (C=O) groups is 2. The molecule has 0 atom stereocenters. The van der Waals surface area contributed by atoms with Gasteiger partial charge in [-0.2, -0.15) is 0 Å². The molecule has 2 amide bonds. The summed E-state index contributed by atoms with van der Waals surface area (Å²) in [5.41, 5.74) is 1.75. The maximum absolute atomic E-state index is 12.4. The van der Waals surface area contributed by atoms with Crippen LogP contribution in [-0.4, -0.2) is 35.8 Å². The lowest BCUT2D eigenvalue weighted by Gasteiger charge is -2.34. The van der Waals surface area contributed by atoms with Crippen molar-refractivity contribution < 1.29 is 9.59 Å². The summed E-state index contributed by atoms with van der Waals surface area (Å²) in [5.74, 6) is 0.600. The number of amides is 2. The van der Waals surface area contributed by atoms with E-state index in [0.717, 1.165) is 49.9 Å². The molecule has 4 nitrogen and oxygen atoms in total. The highest BCUT2D eigenvalue weighted by Crippen LogP contribution is 2.27. The minimum Gasteiger partial charge on any atom is -0.349 e. The third-order valence-corrected chi connectivity index (χ3v) is 5.24. The van der Waals surface area contributed by atoms with Crippen LogP contribution in [0.4, 0.5) is 0 Å². The number of rotatable bonds is 3. The van der Waals surface area contributed by atoms with Crippen molar-refractivity contribution in [3.05, 3.63) is 35.4 Å². The number of benzene rings is 1. The lowest BCUT2D eigenvalue weighted by Crippen LogP contribution is -2.47. The van der Waals surface area contributed by atoms with Crippen LogP contribution in [0.3, 0.4) is 0 Å². The van der Waals surface area contributed by atoms with Gasteiger partial charge in [-0.25, -0.2) is 0 Å². The monoisotopic (exact) mass is 314 g/mol. The molecule has 1 saturated heterocycles. The number of aryl methyl sites for hydroxylation is 1. The van der Waals surface area contributed by atoms with Gasteiger partial charge in [-0.3, -0.25) is 9.59 Å². The second-order valence-corrected chi connectivity index (χ2v) is 6.87. The average molecular weight is 314 g/mol. The Morgan fingerprint density at radius 2 is 1.70 bits per heavy atom. The molecular weight excluding hydrogens is 288 g/mol. The highest BCUT2D eigenvalue weighted by molar-refractivity contribution is 5.95. The van der Waals surface area contributed by atoms with Crippen molar-refractivity contribution in [1.82, 2.24) is 10.2 Å². The Balaban J connectivity index is 1.50. The first-order chi connectivity index (χ1) is 11.1. The fourth-order valence-electron chi connectivity index (χ4n) is 3.77. The predicted octanol–water partition coefficient (Wildman–Crippen LogP) is 2.91. The summed E-state index contributed by atoms with van der Waals surface area (Å²) in [6.07, 6.45) is 6.22. The normalized spacial score (nSPS) is 19.8. The van der Waals surface area contributed by atoms with E-state index < -0.39 is 0 Å². The first kappa shape index (κ1) is 16.0. The molecular formula is C19H26N2O2. The maximum atomic E-state index is 12.4. The second kappa shape index (κ2) is 7.16. The first-order valence-electron chi connectivity index (χ1n) is 8.80. The van der Waals surface area contributed by atoms with Gasteiger partial charge in [0.05, 0.1) is 0 Å². The molecule has 0 unspecified atom stereocenters. The van der Waals surface area contributed by atoms with Crippen LogP contribution in [-0.2, 0) is 4.79 Å². The van der Waals surface area contributed by atoms with Gasteiger partial charge in [-0.1, -0.05) is 31.0 Å². The van der Waals surface area contributed by atoms with E-state index in [-0.39, 0.29) is 17.9 Å². The molecule has 3 rings (SSSR count). The van der Waals surface area contributed by atoms with Crippen molar-refractivity contribution in [2.45, 2.75) is 51.5 Å². The lowest BCUT2D eigenvalue weighted by molar-refractivity contribution is -0.136. The molecule has 1 heterocycles. The molecule has 1 aromatic rings. The van der Waals surface area contributed by atoms with E-state index in [2.05, 4.69) is 5.32 Å². The van der Waals surface area contributed by atoms with Gasteiger partial charge in [0.1, 0.15) is 0 Å². The summed E-state index contributed by atoms with van der Waals surface area (Å²) >= 11 is 0. The van der Waals surface area contributed by atoms with Crippen LogP contribution in [0.5, 0.6) is 0 Å². The molecule has 124 valence electrons. The number of likely N-dealkylation sites (tertiary alicyclic amines) is 1. The van der Waals surface area contributed by atoms with Gasteiger partial charge in [0, 0.05) is 30.6 Å². The molecule has 1 saturated carbocycles. The number of carbonyl (C=O) groups excluding carboxylic acids is 2. The second-order valence-electron chi connectivity index (χ2n) is 6.87. The molecule has 0 aromatic heterocycles. The van der Waals surface area contributed by atoms with E-state index in [1.165, 1.54) is 12.8 Å². The standard InChI is InChI=1S/C19H26N2O2/c1-14-6-2-5-9-17(14)18(22)20-16-10-12-21(13-11-16)19(23)15-7-3-4-8-15/h2,5-6,9,15-16H,3-4,7-8,10-13H2,1H3,(H,20,22). The summed E-state index contributed by atoms with van der Waals surface area (Å²) in [6, 6.07) is 7.83. The lowest BCUT2D eigenvalue weighted by atomic mass is 10.0. The van der Waals surface area contributed by atoms with Crippen LogP contribution >= 0.6 is 0 Å². The molecule has 2 aliphatic rings. The number of hydrogen-bond donors (Lipinski definition) is 1. The summed E-state index contributed by atoms with van der Waals surface area (Å²) in [7, 11) is 0. The smallest absolute Gasteiger partial charge is 0.251 e. The molecule has 0 bridgehead atoms. The summed E-state index contributed by atoms with van der Waals surface area (Å²) in [6.45, 7) is 3.50. The Morgan fingerprint density at radius 3 is 2.35 bits per heavy atom. The van der Waals surface area contributed by atoms with Crippen LogP contribution in [0.1, 0.15) is 54.4 Å². The third-order valence-electron chi connectivity index (χ3n) is 5.24. The van der Waals surface area contributed by atoms with Crippen molar-refractivity contribution in [3.63, 3.8) is 0 Å². The number of nitrogens with zero attached hydrogens (tertiary/aromatic N) is 1. The highest BCUT2D eigenvalue weighted by Gasteiger charge is 2.30. The third kappa shape index (κ3) is 3.74. The molecule has 1 aliphatic carbocycles. The SMILES string of the molecule is Cc1ccccc1C(=O)NC1CCN(C(=O)C2CCCC2)CC1. The molecule has 4 heteroatoms. The Bertz CT molecular complexity index is 570. The Labute approximate surface area is 138 Å². The molecule has 0 radical (unpaired) electrons. The predicted molar refractivity (Wildman–Crippen MR) is 90.2 cm³/mol. The largest absolute Gasteiger partial charge is 0.349 e. The van der Waals surface area contributed by atoms with Gasteiger partial charge in [0.15, 0.2) is 0 Å². The Kier molecular flexibility index (Phi) is 4.99. The van der Waals surface area contributed by atoms with E-state index in [4.69, 9.17) is 0 Å². The van der Waals surface area contributed by atoms with E-state index in [1.54, 1.807) is 0 Å². The molecule has 0 spiro atoms. The topological polar surface area (TPSA) is 49.4 Å². The van der Waals surface area contributed by atoms with E-state index in [1.807, 2.05) is 36.1 Å². The number of nitrogens with one attached hydrogen (secondary N) is 1. The van der Waals surface area contributed by atoms with Crippen LogP contribution in [0.2, 0.25) is 0 Å². The summed E-state index contributed by atoms with van der Waals surface area (Å²) in [5, 5.41) is 3.13. The quantitative estimate of drug-likeness (QED) is 0.932. The van der Waals surface area contributed by atoms with E-state index >= 15 is 0 Å². The van der Waals surface area contributed by atoms with Crippen molar-refractivity contribution in [3.8, 4) is 0 Å². The minimum atomic E-state index is 0.00340. The van der Waals surface area contributed by atoms with Crippen molar-refractivity contribution in [1.29, 1.82) is 0 Å². The molecule has 2 fully saturated rings. The zero-order chi connectivity index (χ0) is 16.2. The van der Waals surface area contributed by atoms with Crippen LogP contribution in [0, 0.1) is 12.8 Å². The van der Waals surface area contributed by atoms with Gasteiger partial charge in [0.2, 0.25) is 5.91 Å². The Hall–Kier alpha value is -1.84. The van der Waals surface area contributed by atoms with Crippen molar-refractivity contribution >= 4 is 11.8 Å². The van der Waals surface area contributed by atoms with E-state index in [9.17, 15) is 9.59 Å². The van der Waals surface area contributed by atoms with E-state index in [0.29, 0.717) is 5.91 Å². The Morgan fingerprint density at radius 1 is 1.04 bits per heavy atom. The van der Waals surface area contributed by atoms with Crippen molar-refractivity contribution in [2.75, 3.05) is 13.1 Å². The van der Waals surface area contributed by atoms with Gasteiger partial charge < -0.3 is 10.2 Å². The zero-order valence-corrected chi connectivity index (χ0v) is 13.9. The summed E-state index contributed by atoms with van der Waals surface area (Å²) in [4.78, 5) is 26.8. The van der Waals surface area contributed by atoms with Crippen molar-refractivity contribution in [2.24, 2.45) is 5.92 Å². The summed E-state index contributed by atoms with van der Waals surface area (Å²) < 4.78 is 0. The molecule has 1 aliphatic heterocycles. The van der Waals surface area contributed by atoms with Gasteiger partial charge in [0.25, 0.3) is 5.91 Å². The highest BCUT2D eigenvalue weighted by atomic mass is 16.2. The number of hydrogen-bond acceptors (Lipinski definition) is 2. The fourth-order valence-corrected chi connectivity index (χ4v) is 3.77. The van der Waals surface area contributed by atoms with Gasteiger partial charge >= 0.3 is 0 Å². The first-order valence-corrected chi connectivity index (χ1v) is 8.80. The van der Waals surface area contributed by atoms with Crippen LogP contribution in [0.25, 0.3) is 0 Å². The van der Waals surface area contributed by atoms with Crippen LogP contribution < -0.4 is 5.32 Å². The van der Waals surface area contributed by atoms with Gasteiger partial charge in [-0.15, -0.1) is 0 Å². The number of piperidine rings is 1. The minimum absolute atomic E-state index is 0.00340. The molecule has 1 N–H and O–H groups in total.